The van der Waals surface area contributed by atoms with Gasteiger partial charge in [0.1, 0.15) is 11.4 Å². The molecule has 1 aliphatic rings. The number of nitrogens with zero attached hydrogens (tertiary/aromatic N) is 1. The molecule has 0 aromatic carbocycles. The van der Waals surface area contributed by atoms with Gasteiger partial charge in [-0.25, -0.2) is 9.78 Å². The van der Waals surface area contributed by atoms with Gasteiger partial charge < -0.3 is 9.84 Å². The lowest BCUT2D eigenvalue weighted by Gasteiger charge is -2.05. The van der Waals surface area contributed by atoms with Gasteiger partial charge in [-0.15, -0.1) is 0 Å². The number of pyridine rings is 1. The number of aldehydes is 1. The van der Waals surface area contributed by atoms with Gasteiger partial charge in [-0.2, -0.15) is 0 Å². The molecule has 0 aliphatic heterocycles. The summed E-state index contributed by atoms with van der Waals surface area (Å²) in [6, 6.07) is 1.33. The molecule has 78 valence electrons. The maximum Gasteiger partial charge on any atom is 0.338 e. The van der Waals surface area contributed by atoms with Crippen molar-refractivity contribution in [1.82, 2.24) is 4.98 Å². The van der Waals surface area contributed by atoms with Crippen LogP contribution in [0.1, 0.15) is 33.7 Å². The van der Waals surface area contributed by atoms with E-state index in [2.05, 4.69) is 4.98 Å². The van der Waals surface area contributed by atoms with Crippen LogP contribution in [0.5, 0.6) is 5.75 Å². The number of carboxylic acids is 1. The van der Waals surface area contributed by atoms with Crippen LogP contribution in [0.15, 0.2) is 12.3 Å². The molecule has 1 aliphatic carbocycles. The maximum atomic E-state index is 10.8. The molecular formula is C10H9NO4. The molecule has 1 aromatic rings. The summed E-state index contributed by atoms with van der Waals surface area (Å²) in [6.45, 7) is 0. The van der Waals surface area contributed by atoms with E-state index in [0.717, 1.165) is 12.8 Å². The third kappa shape index (κ3) is 2.12. The lowest BCUT2D eigenvalue weighted by atomic mass is 10.2. The van der Waals surface area contributed by atoms with Crippen molar-refractivity contribution in [1.29, 1.82) is 0 Å². The molecule has 0 amide bonds. The number of rotatable bonds is 4. The summed E-state index contributed by atoms with van der Waals surface area (Å²) in [5, 5.41) is 8.82. The molecule has 5 nitrogen and oxygen atoms in total. The van der Waals surface area contributed by atoms with Crippen molar-refractivity contribution in [3.05, 3.63) is 23.5 Å². The minimum Gasteiger partial charge on any atom is -0.489 e. The van der Waals surface area contributed by atoms with Crippen LogP contribution < -0.4 is 4.74 Å². The highest BCUT2D eigenvalue weighted by Crippen LogP contribution is 2.27. The molecule has 15 heavy (non-hydrogen) atoms. The van der Waals surface area contributed by atoms with Gasteiger partial charge in [0.15, 0.2) is 6.29 Å². The van der Waals surface area contributed by atoms with E-state index in [4.69, 9.17) is 9.84 Å². The Hall–Kier alpha value is -1.91. The lowest BCUT2D eigenvalue weighted by molar-refractivity contribution is 0.0692. The fourth-order valence-corrected chi connectivity index (χ4v) is 1.16. The largest absolute Gasteiger partial charge is 0.489 e. The van der Waals surface area contributed by atoms with E-state index < -0.39 is 5.97 Å². The van der Waals surface area contributed by atoms with Gasteiger partial charge in [0, 0.05) is 0 Å². The molecule has 0 saturated heterocycles. The zero-order valence-corrected chi connectivity index (χ0v) is 7.84. The first-order chi connectivity index (χ1) is 7.20. The van der Waals surface area contributed by atoms with Gasteiger partial charge in [0.25, 0.3) is 0 Å². The third-order valence-corrected chi connectivity index (χ3v) is 2.06. The number of aromatic nitrogens is 1. The molecule has 1 fully saturated rings. The summed E-state index contributed by atoms with van der Waals surface area (Å²) in [5.74, 6) is -0.772. The Labute approximate surface area is 85.7 Å². The first-order valence-corrected chi connectivity index (χ1v) is 4.56. The number of aromatic carboxylic acids is 1. The van der Waals surface area contributed by atoms with Crippen molar-refractivity contribution in [2.45, 2.75) is 18.9 Å². The zero-order valence-electron chi connectivity index (χ0n) is 7.84. The first kappa shape index (κ1) is 9.64. The molecular weight excluding hydrogens is 198 g/mol. The molecule has 5 heteroatoms. The Balaban J connectivity index is 2.30. The highest BCUT2D eigenvalue weighted by atomic mass is 16.5. The number of ether oxygens (including phenoxy) is 1. The van der Waals surface area contributed by atoms with Crippen molar-refractivity contribution in [3.63, 3.8) is 0 Å². The van der Waals surface area contributed by atoms with E-state index in [9.17, 15) is 9.59 Å². The predicted octanol–water partition coefficient (Wildman–Crippen LogP) is 1.13. The summed E-state index contributed by atoms with van der Waals surface area (Å²) in [4.78, 5) is 25.0. The topological polar surface area (TPSA) is 76.5 Å². The number of hydrogen-bond donors (Lipinski definition) is 1. The van der Waals surface area contributed by atoms with Crippen LogP contribution in [0, 0.1) is 0 Å². The van der Waals surface area contributed by atoms with E-state index in [1.165, 1.54) is 12.3 Å². The Kier molecular flexibility index (Phi) is 2.37. The normalized spacial score (nSPS) is 14.7. The SMILES string of the molecule is O=Cc1ncc(OC2CC2)cc1C(=O)O. The molecule has 0 atom stereocenters. The van der Waals surface area contributed by atoms with Crippen LogP contribution in [0.3, 0.4) is 0 Å². The van der Waals surface area contributed by atoms with Gasteiger partial charge in [0.05, 0.1) is 17.9 Å². The average molecular weight is 207 g/mol. The van der Waals surface area contributed by atoms with Crippen LogP contribution in [-0.2, 0) is 0 Å². The first-order valence-electron chi connectivity index (χ1n) is 4.56. The van der Waals surface area contributed by atoms with Crippen LogP contribution in [0.2, 0.25) is 0 Å². The zero-order chi connectivity index (χ0) is 10.8. The molecule has 0 spiro atoms. The lowest BCUT2D eigenvalue weighted by Crippen LogP contribution is -2.06. The molecule has 1 saturated carbocycles. The fraction of sp³-hybridized carbons (Fsp3) is 0.300. The standard InChI is InChI=1S/C10H9NO4/c12-5-9-8(10(13)14)3-7(4-11-9)15-6-1-2-6/h3-6H,1-2H2,(H,13,14). The van der Waals surface area contributed by atoms with E-state index in [1.807, 2.05) is 0 Å². The summed E-state index contributed by atoms with van der Waals surface area (Å²) in [7, 11) is 0. The van der Waals surface area contributed by atoms with Crippen LogP contribution in [0.4, 0.5) is 0 Å². The van der Waals surface area contributed by atoms with E-state index >= 15 is 0 Å². The molecule has 2 rings (SSSR count). The smallest absolute Gasteiger partial charge is 0.338 e. The monoisotopic (exact) mass is 207 g/mol. The second-order valence-corrected chi connectivity index (χ2v) is 3.34. The Morgan fingerprint density at radius 2 is 2.33 bits per heavy atom. The molecule has 1 N–H and O–H groups in total. The number of carboxylic acid groups (broad SMARTS) is 1. The predicted molar refractivity (Wildman–Crippen MR) is 50.2 cm³/mol. The average Bonchev–Trinajstić information content (AvgIpc) is 3.01. The second kappa shape index (κ2) is 3.68. The Bertz CT molecular complexity index is 412. The van der Waals surface area contributed by atoms with Crippen LogP contribution >= 0.6 is 0 Å². The summed E-state index contributed by atoms with van der Waals surface area (Å²) >= 11 is 0. The van der Waals surface area contributed by atoms with E-state index in [-0.39, 0.29) is 17.4 Å². The van der Waals surface area contributed by atoms with Crippen molar-refractivity contribution in [2.75, 3.05) is 0 Å². The van der Waals surface area contributed by atoms with Crippen LogP contribution in [-0.4, -0.2) is 28.4 Å². The van der Waals surface area contributed by atoms with Gasteiger partial charge in [-0.05, 0) is 18.9 Å². The quantitative estimate of drug-likeness (QED) is 0.749. The van der Waals surface area contributed by atoms with Crippen molar-refractivity contribution in [2.24, 2.45) is 0 Å². The van der Waals surface area contributed by atoms with Crippen molar-refractivity contribution < 1.29 is 19.4 Å². The molecule has 1 heterocycles. The van der Waals surface area contributed by atoms with Crippen molar-refractivity contribution >= 4 is 12.3 Å². The molecule has 0 unspecified atom stereocenters. The summed E-state index contributed by atoms with van der Waals surface area (Å²) in [6.07, 6.45) is 3.93. The minimum atomic E-state index is -1.18. The highest BCUT2D eigenvalue weighted by Gasteiger charge is 2.24. The second-order valence-electron chi connectivity index (χ2n) is 3.34. The van der Waals surface area contributed by atoms with Gasteiger partial charge in [0.2, 0.25) is 0 Å². The highest BCUT2D eigenvalue weighted by molar-refractivity contribution is 5.96. The molecule has 0 radical (unpaired) electrons. The van der Waals surface area contributed by atoms with Crippen molar-refractivity contribution in [3.8, 4) is 5.75 Å². The van der Waals surface area contributed by atoms with E-state index in [1.54, 1.807) is 0 Å². The third-order valence-electron chi connectivity index (χ3n) is 2.06. The Morgan fingerprint density at radius 1 is 1.60 bits per heavy atom. The fourth-order valence-electron chi connectivity index (χ4n) is 1.16. The van der Waals surface area contributed by atoms with Crippen LogP contribution in [0.25, 0.3) is 0 Å². The molecule has 1 aromatic heterocycles. The number of carbonyl (C=O) groups excluding carboxylic acids is 1. The van der Waals surface area contributed by atoms with Gasteiger partial charge in [-0.1, -0.05) is 0 Å². The number of hydrogen-bond acceptors (Lipinski definition) is 4. The maximum absolute atomic E-state index is 10.8. The summed E-state index contributed by atoms with van der Waals surface area (Å²) < 4.78 is 5.37. The minimum absolute atomic E-state index is 0.0781. The van der Waals surface area contributed by atoms with Gasteiger partial charge >= 0.3 is 5.97 Å². The Morgan fingerprint density at radius 3 is 2.87 bits per heavy atom. The van der Waals surface area contributed by atoms with Gasteiger partial charge in [-0.3, -0.25) is 4.79 Å². The number of carbonyl (C=O) groups is 2. The molecule has 0 bridgehead atoms. The summed E-state index contributed by atoms with van der Waals surface area (Å²) in [5.41, 5.74) is -0.200. The van der Waals surface area contributed by atoms with E-state index in [0.29, 0.717) is 12.0 Å².